The molecule has 0 aromatic heterocycles. The van der Waals surface area contributed by atoms with Gasteiger partial charge in [0.15, 0.2) is 29.1 Å². The van der Waals surface area contributed by atoms with Crippen molar-refractivity contribution >= 4 is 11.5 Å². The van der Waals surface area contributed by atoms with Gasteiger partial charge in [0.25, 0.3) is 0 Å². The van der Waals surface area contributed by atoms with Crippen LogP contribution in [0.15, 0.2) is 5.57 Å². The highest BCUT2D eigenvalue weighted by Gasteiger charge is 2.29. The third kappa shape index (κ3) is 2.27. The number of hydrogen-bond donors (Lipinski definition) is 1. The number of carbonyl (C=O) groups is 1. The number of halogens is 5. The van der Waals surface area contributed by atoms with Gasteiger partial charge in [-0.25, -0.2) is 22.0 Å². The maximum absolute atomic E-state index is 13.3. The summed E-state index contributed by atoms with van der Waals surface area (Å²) in [6, 6.07) is 1.12. The minimum absolute atomic E-state index is 0.779. The zero-order chi connectivity index (χ0) is 14.9. The number of Topliss-reactive ketones (excluding diaryl/α,β-unsaturated/α-hetero) is 1. The Kier molecular flexibility index (Phi) is 3.89. The SMILES string of the molecule is CC(=O)/C(C#N)=C(/O)c1c(F)c(F)c(F)c(F)c1F. The Bertz CT molecular complexity index is 616. The smallest absolute Gasteiger partial charge is 0.200 e. The number of aliphatic hydroxyl groups excluding tert-OH is 1. The summed E-state index contributed by atoms with van der Waals surface area (Å²) in [5.74, 6) is -14.4. The van der Waals surface area contributed by atoms with Crippen LogP contribution in [0.5, 0.6) is 0 Å². The summed E-state index contributed by atoms with van der Waals surface area (Å²) < 4.78 is 65.0. The zero-order valence-corrected chi connectivity index (χ0v) is 9.19. The molecular formula is C11H4F5NO2. The number of hydrogen-bond acceptors (Lipinski definition) is 3. The molecule has 0 saturated carbocycles. The van der Waals surface area contributed by atoms with Gasteiger partial charge in [-0.1, -0.05) is 0 Å². The topological polar surface area (TPSA) is 61.1 Å². The molecule has 1 aromatic rings. The number of carbonyl (C=O) groups excluding carboxylic acids is 1. The molecule has 0 saturated heterocycles. The van der Waals surface area contributed by atoms with Crippen LogP contribution in [-0.4, -0.2) is 10.9 Å². The van der Waals surface area contributed by atoms with Crippen molar-refractivity contribution in [3.63, 3.8) is 0 Å². The standard InChI is InChI=1S/C11H4F5NO2/c1-3(18)4(2-17)11(19)5-6(12)8(14)10(16)9(15)7(5)13/h19H,1H3/b11-4+. The summed E-state index contributed by atoms with van der Waals surface area (Å²) >= 11 is 0. The first-order chi connectivity index (χ1) is 8.73. The van der Waals surface area contributed by atoms with Crippen LogP contribution in [0.25, 0.3) is 5.76 Å². The molecule has 0 heterocycles. The molecule has 0 bridgehead atoms. The van der Waals surface area contributed by atoms with Crippen molar-refractivity contribution in [3.8, 4) is 6.07 Å². The first-order valence-electron chi connectivity index (χ1n) is 4.60. The lowest BCUT2D eigenvalue weighted by molar-refractivity contribution is -0.113. The molecule has 100 valence electrons. The Morgan fingerprint density at radius 1 is 1.00 bits per heavy atom. The van der Waals surface area contributed by atoms with Crippen molar-refractivity contribution in [2.45, 2.75) is 6.92 Å². The fourth-order valence-corrected chi connectivity index (χ4v) is 1.24. The molecule has 19 heavy (non-hydrogen) atoms. The van der Waals surface area contributed by atoms with Crippen molar-refractivity contribution in [1.82, 2.24) is 0 Å². The Balaban J connectivity index is 3.81. The van der Waals surface area contributed by atoms with Crippen molar-refractivity contribution in [1.29, 1.82) is 5.26 Å². The predicted octanol–water partition coefficient (Wildman–Crippen LogP) is 2.76. The number of nitrogens with zero attached hydrogens (tertiary/aromatic N) is 1. The number of allylic oxidation sites excluding steroid dienone is 1. The molecule has 0 radical (unpaired) electrons. The summed E-state index contributed by atoms with van der Waals surface area (Å²) in [4.78, 5) is 10.9. The first kappa shape index (κ1) is 14.6. The third-order valence-corrected chi connectivity index (χ3v) is 2.15. The van der Waals surface area contributed by atoms with E-state index in [0.717, 1.165) is 13.0 Å². The number of nitriles is 1. The highest BCUT2D eigenvalue weighted by molar-refractivity contribution is 6.03. The van der Waals surface area contributed by atoms with Crippen LogP contribution in [0.4, 0.5) is 22.0 Å². The molecule has 8 heteroatoms. The average molecular weight is 277 g/mol. The van der Waals surface area contributed by atoms with Gasteiger partial charge in [-0.3, -0.25) is 4.79 Å². The molecule has 0 fully saturated rings. The second-order valence-electron chi connectivity index (χ2n) is 3.34. The van der Waals surface area contributed by atoms with Crippen LogP contribution < -0.4 is 0 Å². The summed E-state index contributed by atoms with van der Waals surface area (Å²) in [5.41, 5.74) is -2.84. The molecule has 1 rings (SSSR count). The minimum Gasteiger partial charge on any atom is -0.506 e. The summed E-state index contributed by atoms with van der Waals surface area (Å²) in [5, 5.41) is 17.9. The van der Waals surface area contributed by atoms with E-state index in [9.17, 15) is 31.9 Å². The maximum Gasteiger partial charge on any atom is 0.200 e. The lowest BCUT2D eigenvalue weighted by atomic mass is 10.0. The van der Waals surface area contributed by atoms with Gasteiger partial charge in [-0.05, 0) is 0 Å². The van der Waals surface area contributed by atoms with Gasteiger partial charge in [0.1, 0.15) is 17.4 Å². The second-order valence-corrected chi connectivity index (χ2v) is 3.34. The van der Waals surface area contributed by atoms with Crippen molar-refractivity contribution < 1.29 is 31.9 Å². The Hall–Kier alpha value is -2.43. The average Bonchev–Trinajstić information content (AvgIpc) is 2.34. The second kappa shape index (κ2) is 5.06. The van der Waals surface area contributed by atoms with E-state index in [1.54, 1.807) is 0 Å². The van der Waals surface area contributed by atoms with Gasteiger partial charge in [0, 0.05) is 6.92 Å². The van der Waals surface area contributed by atoms with E-state index in [2.05, 4.69) is 0 Å². The van der Waals surface area contributed by atoms with E-state index in [1.807, 2.05) is 0 Å². The Labute approximate surface area is 103 Å². The molecule has 0 spiro atoms. The predicted molar refractivity (Wildman–Crippen MR) is 52.1 cm³/mol. The quantitative estimate of drug-likeness (QED) is 0.226. The van der Waals surface area contributed by atoms with Crippen LogP contribution in [0.2, 0.25) is 0 Å². The van der Waals surface area contributed by atoms with Crippen LogP contribution in [0.3, 0.4) is 0 Å². The van der Waals surface area contributed by atoms with Crippen LogP contribution >= 0.6 is 0 Å². The summed E-state index contributed by atoms with van der Waals surface area (Å²) in [6.45, 7) is 0.779. The number of rotatable bonds is 2. The van der Waals surface area contributed by atoms with Crippen LogP contribution in [0, 0.1) is 40.4 Å². The van der Waals surface area contributed by atoms with Gasteiger partial charge in [-0.15, -0.1) is 0 Å². The lowest BCUT2D eigenvalue weighted by Gasteiger charge is -2.08. The first-order valence-corrected chi connectivity index (χ1v) is 4.60. The highest BCUT2D eigenvalue weighted by Crippen LogP contribution is 2.28. The van der Waals surface area contributed by atoms with Gasteiger partial charge in [0.05, 0.1) is 5.56 Å². The normalized spacial score (nSPS) is 11.8. The maximum atomic E-state index is 13.3. The molecule has 3 nitrogen and oxygen atoms in total. The van der Waals surface area contributed by atoms with E-state index in [-0.39, 0.29) is 0 Å². The van der Waals surface area contributed by atoms with E-state index >= 15 is 0 Å². The minimum atomic E-state index is -2.41. The van der Waals surface area contributed by atoms with Crippen molar-refractivity contribution in [2.24, 2.45) is 0 Å². The molecule has 0 unspecified atom stereocenters. The van der Waals surface area contributed by atoms with E-state index in [4.69, 9.17) is 5.26 Å². The Morgan fingerprint density at radius 2 is 1.37 bits per heavy atom. The van der Waals surface area contributed by atoms with E-state index < -0.39 is 51.8 Å². The molecule has 0 aliphatic rings. The molecule has 1 N–H and O–H groups in total. The van der Waals surface area contributed by atoms with E-state index in [0.29, 0.717) is 0 Å². The van der Waals surface area contributed by atoms with Gasteiger partial charge in [0.2, 0.25) is 5.82 Å². The van der Waals surface area contributed by atoms with Gasteiger partial charge >= 0.3 is 0 Å². The highest BCUT2D eigenvalue weighted by atomic mass is 19.2. The van der Waals surface area contributed by atoms with Crippen LogP contribution in [0.1, 0.15) is 12.5 Å². The molecule has 1 aromatic carbocycles. The lowest BCUT2D eigenvalue weighted by Crippen LogP contribution is -2.09. The monoisotopic (exact) mass is 277 g/mol. The third-order valence-electron chi connectivity index (χ3n) is 2.15. The number of aliphatic hydroxyl groups is 1. The fourth-order valence-electron chi connectivity index (χ4n) is 1.24. The van der Waals surface area contributed by atoms with E-state index in [1.165, 1.54) is 0 Å². The van der Waals surface area contributed by atoms with Gasteiger partial charge < -0.3 is 5.11 Å². The largest absolute Gasteiger partial charge is 0.506 e. The molecule has 0 amide bonds. The molecular weight excluding hydrogens is 273 g/mol. The molecule has 0 aliphatic carbocycles. The Morgan fingerprint density at radius 3 is 1.68 bits per heavy atom. The molecule has 0 aliphatic heterocycles. The van der Waals surface area contributed by atoms with Gasteiger partial charge in [-0.2, -0.15) is 5.26 Å². The zero-order valence-electron chi connectivity index (χ0n) is 9.19. The summed E-state index contributed by atoms with van der Waals surface area (Å²) in [7, 11) is 0. The number of benzene rings is 1. The van der Waals surface area contributed by atoms with Crippen LogP contribution in [-0.2, 0) is 4.79 Å². The molecule has 0 atom stereocenters. The van der Waals surface area contributed by atoms with Crippen molar-refractivity contribution in [3.05, 3.63) is 40.2 Å². The number of ketones is 1. The fraction of sp³-hybridized carbons (Fsp3) is 0.0909. The summed E-state index contributed by atoms with van der Waals surface area (Å²) in [6.07, 6.45) is 0. The van der Waals surface area contributed by atoms with Crippen molar-refractivity contribution in [2.75, 3.05) is 0 Å².